The Morgan fingerprint density at radius 2 is 2.05 bits per heavy atom. The summed E-state index contributed by atoms with van der Waals surface area (Å²) >= 11 is 1.77. The van der Waals surface area contributed by atoms with E-state index in [4.69, 9.17) is 4.74 Å². The van der Waals surface area contributed by atoms with Crippen molar-refractivity contribution in [2.75, 3.05) is 25.1 Å². The van der Waals surface area contributed by atoms with Crippen LogP contribution < -0.4 is 5.32 Å². The van der Waals surface area contributed by atoms with Crippen LogP contribution >= 0.6 is 11.3 Å². The summed E-state index contributed by atoms with van der Waals surface area (Å²) in [7, 11) is 0. The van der Waals surface area contributed by atoms with Crippen LogP contribution in [0.3, 0.4) is 0 Å². The number of hydrogen-bond donors (Lipinski definition) is 1. The third-order valence-electron chi connectivity index (χ3n) is 3.12. The van der Waals surface area contributed by atoms with Gasteiger partial charge < -0.3 is 10.1 Å². The fourth-order valence-electron chi connectivity index (χ4n) is 2.01. The Kier molecular flexibility index (Phi) is 5.73. The Morgan fingerprint density at radius 3 is 2.75 bits per heavy atom. The van der Waals surface area contributed by atoms with Crippen LogP contribution in [-0.4, -0.2) is 29.7 Å². The third-order valence-corrected chi connectivity index (χ3v) is 4.29. The summed E-state index contributed by atoms with van der Waals surface area (Å²) in [6.07, 6.45) is 2.90. The van der Waals surface area contributed by atoms with E-state index in [1.165, 1.54) is 4.88 Å². The van der Waals surface area contributed by atoms with E-state index in [-0.39, 0.29) is 0 Å². The molecule has 0 aliphatic heterocycles. The summed E-state index contributed by atoms with van der Waals surface area (Å²) in [5.74, 6) is 1.88. The largest absolute Gasteiger partial charge is 0.382 e. The summed E-state index contributed by atoms with van der Waals surface area (Å²) in [6.45, 7) is 8.74. The number of fused-ring (bicyclic) bond motifs is 1. The summed E-state index contributed by atoms with van der Waals surface area (Å²) in [5, 5.41) is 4.59. The van der Waals surface area contributed by atoms with Crippen LogP contribution in [-0.2, 0) is 17.6 Å². The van der Waals surface area contributed by atoms with Crippen molar-refractivity contribution in [1.29, 1.82) is 0 Å². The smallest absolute Gasteiger partial charge is 0.138 e. The van der Waals surface area contributed by atoms with Gasteiger partial charge in [-0.2, -0.15) is 0 Å². The first-order chi connectivity index (χ1) is 9.78. The van der Waals surface area contributed by atoms with Crippen molar-refractivity contribution in [2.45, 2.75) is 40.0 Å². The van der Waals surface area contributed by atoms with Gasteiger partial charge in [0, 0.05) is 31.1 Å². The Labute approximate surface area is 124 Å². The molecule has 5 heteroatoms. The van der Waals surface area contributed by atoms with Crippen molar-refractivity contribution in [1.82, 2.24) is 9.97 Å². The molecule has 0 saturated carbocycles. The molecule has 0 spiro atoms. The van der Waals surface area contributed by atoms with Gasteiger partial charge in [-0.3, -0.25) is 0 Å². The van der Waals surface area contributed by atoms with Gasteiger partial charge in [0.25, 0.3) is 0 Å². The van der Waals surface area contributed by atoms with E-state index in [1.54, 1.807) is 11.3 Å². The van der Waals surface area contributed by atoms with Gasteiger partial charge in [-0.25, -0.2) is 9.97 Å². The Balaban J connectivity index is 2.14. The van der Waals surface area contributed by atoms with E-state index < -0.39 is 0 Å². The number of nitrogens with zero attached hydrogens (tertiary/aromatic N) is 2. The zero-order valence-electron chi connectivity index (χ0n) is 12.5. The van der Waals surface area contributed by atoms with Gasteiger partial charge in [0.2, 0.25) is 0 Å². The Bertz CT molecular complexity index is 553. The van der Waals surface area contributed by atoms with Crippen molar-refractivity contribution < 1.29 is 4.74 Å². The van der Waals surface area contributed by atoms with Crippen LogP contribution in [0.15, 0.2) is 6.07 Å². The van der Waals surface area contributed by atoms with Gasteiger partial charge in [-0.15, -0.1) is 11.3 Å². The predicted octanol–water partition coefficient (Wildman–Crippen LogP) is 3.65. The SMILES string of the molecule is CCOCCCNc1nc(CC)nc2sc(CC)cc12. The van der Waals surface area contributed by atoms with E-state index in [0.717, 1.165) is 60.9 Å². The van der Waals surface area contributed by atoms with Crippen molar-refractivity contribution in [3.63, 3.8) is 0 Å². The molecular formula is C15H23N3OS. The molecule has 0 saturated heterocycles. The minimum Gasteiger partial charge on any atom is -0.382 e. The first kappa shape index (κ1) is 15.2. The molecule has 20 heavy (non-hydrogen) atoms. The molecule has 0 aliphatic carbocycles. The maximum Gasteiger partial charge on any atom is 0.138 e. The summed E-state index contributed by atoms with van der Waals surface area (Å²) < 4.78 is 5.35. The molecule has 2 aromatic rings. The molecule has 1 N–H and O–H groups in total. The molecule has 0 aromatic carbocycles. The van der Waals surface area contributed by atoms with Crippen LogP contribution in [0.4, 0.5) is 5.82 Å². The van der Waals surface area contributed by atoms with Crippen LogP contribution in [0.1, 0.15) is 37.9 Å². The topological polar surface area (TPSA) is 47.0 Å². The highest BCUT2D eigenvalue weighted by Gasteiger charge is 2.10. The molecular weight excluding hydrogens is 270 g/mol. The van der Waals surface area contributed by atoms with E-state index in [2.05, 4.69) is 35.2 Å². The second-order valence-electron chi connectivity index (χ2n) is 4.60. The van der Waals surface area contributed by atoms with Crippen molar-refractivity contribution in [3.8, 4) is 0 Å². The van der Waals surface area contributed by atoms with Crippen molar-refractivity contribution in [3.05, 3.63) is 16.8 Å². The van der Waals surface area contributed by atoms with Gasteiger partial charge in [0.15, 0.2) is 0 Å². The average molecular weight is 293 g/mol. The molecule has 2 heterocycles. The number of nitrogens with one attached hydrogen (secondary N) is 1. The molecule has 2 aromatic heterocycles. The lowest BCUT2D eigenvalue weighted by molar-refractivity contribution is 0.147. The zero-order chi connectivity index (χ0) is 14.4. The maximum absolute atomic E-state index is 5.35. The monoisotopic (exact) mass is 293 g/mol. The highest BCUT2D eigenvalue weighted by atomic mass is 32.1. The maximum atomic E-state index is 5.35. The summed E-state index contributed by atoms with van der Waals surface area (Å²) in [4.78, 5) is 11.7. The van der Waals surface area contributed by atoms with E-state index in [0.29, 0.717) is 0 Å². The molecule has 0 amide bonds. The van der Waals surface area contributed by atoms with E-state index >= 15 is 0 Å². The van der Waals surface area contributed by atoms with Gasteiger partial charge in [-0.05, 0) is 25.8 Å². The van der Waals surface area contributed by atoms with Gasteiger partial charge in [-0.1, -0.05) is 13.8 Å². The van der Waals surface area contributed by atoms with Crippen molar-refractivity contribution in [2.24, 2.45) is 0 Å². The second kappa shape index (κ2) is 7.55. The average Bonchev–Trinajstić information content (AvgIpc) is 2.89. The van der Waals surface area contributed by atoms with Gasteiger partial charge >= 0.3 is 0 Å². The predicted molar refractivity (Wildman–Crippen MR) is 85.8 cm³/mol. The zero-order valence-corrected chi connectivity index (χ0v) is 13.3. The van der Waals surface area contributed by atoms with Crippen LogP contribution in [0.5, 0.6) is 0 Å². The number of aromatic nitrogens is 2. The minimum atomic E-state index is 0.780. The number of hydrogen-bond acceptors (Lipinski definition) is 5. The lowest BCUT2D eigenvalue weighted by atomic mass is 10.3. The molecule has 110 valence electrons. The van der Waals surface area contributed by atoms with Crippen molar-refractivity contribution >= 4 is 27.4 Å². The fraction of sp³-hybridized carbons (Fsp3) is 0.600. The van der Waals surface area contributed by atoms with Crippen LogP contribution in [0, 0.1) is 0 Å². The van der Waals surface area contributed by atoms with E-state index in [1.807, 2.05) is 6.92 Å². The summed E-state index contributed by atoms with van der Waals surface area (Å²) in [5.41, 5.74) is 0. The second-order valence-corrected chi connectivity index (χ2v) is 5.72. The number of aryl methyl sites for hydroxylation is 2. The van der Waals surface area contributed by atoms with Gasteiger partial charge in [0.05, 0.1) is 5.39 Å². The molecule has 0 radical (unpaired) electrons. The Morgan fingerprint density at radius 1 is 1.20 bits per heavy atom. The summed E-state index contributed by atoms with van der Waals surface area (Å²) in [6, 6.07) is 2.21. The number of ether oxygens (including phenoxy) is 1. The lowest BCUT2D eigenvalue weighted by Gasteiger charge is -2.08. The number of rotatable bonds is 8. The molecule has 2 rings (SSSR count). The number of thiophene rings is 1. The highest BCUT2D eigenvalue weighted by Crippen LogP contribution is 2.29. The molecule has 0 atom stereocenters. The molecule has 0 bridgehead atoms. The molecule has 0 aliphatic rings. The Hall–Kier alpha value is -1.20. The van der Waals surface area contributed by atoms with Crippen LogP contribution in [0.2, 0.25) is 0 Å². The van der Waals surface area contributed by atoms with Gasteiger partial charge in [0.1, 0.15) is 16.5 Å². The lowest BCUT2D eigenvalue weighted by Crippen LogP contribution is -2.08. The first-order valence-corrected chi connectivity index (χ1v) is 8.21. The quantitative estimate of drug-likeness (QED) is 0.755. The molecule has 0 unspecified atom stereocenters. The van der Waals surface area contributed by atoms with E-state index in [9.17, 15) is 0 Å². The molecule has 0 fully saturated rings. The molecule has 4 nitrogen and oxygen atoms in total. The number of anilines is 1. The van der Waals surface area contributed by atoms with Crippen LogP contribution in [0.25, 0.3) is 10.2 Å². The standard InChI is InChI=1S/C15H23N3OS/c1-4-11-10-12-14(16-8-7-9-19-6-3)17-13(5-2)18-15(12)20-11/h10H,4-9H2,1-3H3,(H,16,17,18). The third kappa shape index (κ3) is 3.67. The fourth-order valence-corrected chi connectivity index (χ4v) is 2.99. The minimum absolute atomic E-state index is 0.780. The normalized spacial score (nSPS) is 11.2. The highest BCUT2D eigenvalue weighted by molar-refractivity contribution is 7.18. The first-order valence-electron chi connectivity index (χ1n) is 7.39.